The Hall–Kier alpha value is -2.13. The SMILES string of the molecule is Cc1ccc(S(=O)(=O)C(CNC(=O)CCS(C)(=O)=O)c2ccco2)cc1. The molecule has 1 unspecified atom stereocenters. The zero-order chi connectivity index (χ0) is 19.4. The third-order valence-corrected chi connectivity index (χ3v) is 6.79. The van der Waals surface area contributed by atoms with Crippen molar-refractivity contribution in [3.63, 3.8) is 0 Å². The van der Waals surface area contributed by atoms with Crippen molar-refractivity contribution >= 4 is 25.6 Å². The van der Waals surface area contributed by atoms with E-state index in [2.05, 4.69) is 5.32 Å². The van der Waals surface area contributed by atoms with Gasteiger partial charge in [0, 0.05) is 19.2 Å². The van der Waals surface area contributed by atoms with Gasteiger partial charge in [0.15, 0.2) is 9.84 Å². The molecule has 1 heterocycles. The molecule has 26 heavy (non-hydrogen) atoms. The fraction of sp³-hybridized carbons (Fsp3) is 0.353. The van der Waals surface area contributed by atoms with Crippen molar-refractivity contribution in [2.24, 2.45) is 0 Å². The molecule has 0 aliphatic rings. The third-order valence-electron chi connectivity index (χ3n) is 3.77. The molecule has 0 aliphatic carbocycles. The second-order valence-electron chi connectivity index (χ2n) is 6.05. The fourth-order valence-corrected chi connectivity index (χ4v) is 4.45. The average molecular weight is 399 g/mol. The summed E-state index contributed by atoms with van der Waals surface area (Å²) in [5.74, 6) is -0.630. The number of nitrogens with one attached hydrogen (secondary N) is 1. The van der Waals surface area contributed by atoms with Gasteiger partial charge in [-0.3, -0.25) is 4.79 Å². The highest BCUT2D eigenvalue weighted by Gasteiger charge is 2.31. The van der Waals surface area contributed by atoms with Crippen molar-refractivity contribution in [1.29, 1.82) is 0 Å². The molecule has 2 aromatic rings. The summed E-state index contributed by atoms with van der Waals surface area (Å²) in [4.78, 5) is 12.0. The highest BCUT2D eigenvalue weighted by molar-refractivity contribution is 7.91. The topological polar surface area (TPSA) is 111 Å². The Labute approximate surface area is 153 Å². The molecular formula is C17H21NO6S2. The summed E-state index contributed by atoms with van der Waals surface area (Å²) in [7, 11) is -7.08. The quantitative estimate of drug-likeness (QED) is 0.723. The molecule has 142 valence electrons. The van der Waals surface area contributed by atoms with E-state index in [-0.39, 0.29) is 29.4 Å². The summed E-state index contributed by atoms with van der Waals surface area (Å²) < 4.78 is 53.5. The van der Waals surface area contributed by atoms with Gasteiger partial charge in [-0.25, -0.2) is 16.8 Å². The highest BCUT2D eigenvalue weighted by atomic mass is 32.2. The van der Waals surface area contributed by atoms with Gasteiger partial charge in [-0.2, -0.15) is 0 Å². The molecule has 0 radical (unpaired) electrons. The van der Waals surface area contributed by atoms with Crippen LogP contribution < -0.4 is 5.32 Å². The van der Waals surface area contributed by atoms with Crippen molar-refractivity contribution in [2.45, 2.75) is 23.5 Å². The summed E-state index contributed by atoms with van der Waals surface area (Å²) >= 11 is 0. The molecule has 1 amide bonds. The van der Waals surface area contributed by atoms with Gasteiger partial charge in [-0.15, -0.1) is 0 Å². The first-order valence-electron chi connectivity index (χ1n) is 7.88. The molecule has 7 nitrogen and oxygen atoms in total. The van der Waals surface area contributed by atoms with E-state index < -0.39 is 30.8 Å². The minimum absolute atomic E-state index is 0.120. The maximum atomic E-state index is 13.0. The van der Waals surface area contributed by atoms with Gasteiger partial charge in [-0.05, 0) is 31.2 Å². The lowest BCUT2D eigenvalue weighted by atomic mass is 10.2. The van der Waals surface area contributed by atoms with E-state index in [1.54, 1.807) is 18.2 Å². The van der Waals surface area contributed by atoms with Crippen LogP contribution in [0.5, 0.6) is 0 Å². The van der Waals surface area contributed by atoms with E-state index in [1.807, 2.05) is 6.92 Å². The molecule has 2 rings (SSSR count). The van der Waals surface area contributed by atoms with Crippen molar-refractivity contribution in [2.75, 3.05) is 18.6 Å². The van der Waals surface area contributed by atoms with Gasteiger partial charge >= 0.3 is 0 Å². The van der Waals surface area contributed by atoms with Crippen LogP contribution in [0.1, 0.15) is 23.0 Å². The van der Waals surface area contributed by atoms with Crippen LogP contribution in [0.15, 0.2) is 52.0 Å². The number of carbonyl (C=O) groups excluding carboxylic acids is 1. The lowest BCUT2D eigenvalue weighted by Gasteiger charge is -2.17. The second kappa shape index (κ2) is 8.05. The van der Waals surface area contributed by atoms with Crippen LogP contribution >= 0.6 is 0 Å². The van der Waals surface area contributed by atoms with Crippen LogP contribution in [-0.4, -0.2) is 41.3 Å². The first kappa shape index (κ1) is 20.2. The smallest absolute Gasteiger partial charge is 0.221 e. The molecule has 0 saturated heterocycles. The van der Waals surface area contributed by atoms with Crippen LogP contribution in [0.2, 0.25) is 0 Å². The van der Waals surface area contributed by atoms with E-state index in [0.717, 1.165) is 11.8 Å². The summed E-state index contributed by atoms with van der Waals surface area (Å²) in [6.07, 6.45) is 2.17. The van der Waals surface area contributed by atoms with Crippen molar-refractivity contribution in [3.8, 4) is 0 Å². The Bertz CT molecular complexity index is 945. The van der Waals surface area contributed by atoms with Crippen LogP contribution in [0, 0.1) is 6.92 Å². The van der Waals surface area contributed by atoms with E-state index in [4.69, 9.17) is 4.42 Å². The predicted octanol–water partition coefficient (Wildman–Crippen LogP) is 1.65. The van der Waals surface area contributed by atoms with Gasteiger partial charge in [0.1, 0.15) is 20.8 Å². The Balaban J connectivity index is 2.19. The average Bonchev–Trinajstić information content (AvgIpc) is 3.07. The van der Waals surface area contributed by atoms with Crippen LogP contribution in [-0.2, 0) is 24.5 Å². The summed E-state index contributed by atoms with van der Waals surface area (Å²) in [6.45, 7) is 1.63. The van der Waals surface area contributed by atoms with Crippen LogP contribution in [0.4, 0.5) is 0 Å². The van der Waals surface area contributed by atoms with Crippen molar-refractivity contribution < 1.29 is 26.0 Å². The predicted molar refractivity (Wildman–Crippen MR) is 97.2 cm³/mol. The number of hydrogen-bond donors (Lipinski definition) is 1. The Kier molecular flexibility index (Phi) is 6.25. The summed E-state index contributed by atoms with van der Waals surface area (Å²) in [6, 6.07) is 9.49. The largest absolute Gasteiger partial charge is 0.468 e. The number of sulfone groups is 2. The van der Waals surface area contributed by atoms with Crippen molar-refractivity contribution in [3.05, 3.63) is 54.0 Å². The zero-order valence-corrected chi connectivity index (χ0v) is 16.1. The van der Waals surface area contributed by atoms with Crippen LogP contribution in [0.3, 0.4) is 0 Å². The Morgan fingerprint density at radius 3 is 2.31 bits per heavy atom. The molecule has 9 heteroatoms. The lowest BCUT2D eigenvalue weighted by Crippen LogP contribution is -2.32. The third kappa shape index (κ3) is 5.43. The molecule has 0 aliphatic heterocycles. The normalized spacial score (nSPS) is 13.3. The molecular weight excluding hydrogens is 378 g/mol. The van der Waals surface area contributed by atoms with Gasteiger partial charge in [-0.1, -0.05) is 17.7 Å². The number of benzene rings is 1. The number of hydrogen-bond acceptors (Lipinski definition) is 6. The van der Waals surface area contributed by atoms with Gasteiger partial charge in [0.2, 0.25) is 5.91 Å². The van der Waals surface area contributed by atoms with E-state index in [9.17, 15) is 21.6 Å². The summed E-state index contributed by atoms with van der Waals surface area (Å²) in [5, 5.41) is 1.38. The number of rotatable bonds is 8. The van der Waals surface area contributed by atoms with E-state index in [0.29, 0.717) is 0 Å². The highest BCUT2D eigenvalue weighted by Crippen LogP contribution is 2.29. The molecule has 1 N–H and O–H groups in total. The van der Waals surface area contributed by atoms with Crippen molar-refractivity contribution in [1.82, 2.24) is 5.32 Å². The first-order chi connectivity index (χ1) is 12.1. The number of aryl methyl sites for hydroxylation is 1. The number of furan rings is 1. The van der Waals surface area contributed by atoms with E-state index in [1.165, 1.54) is 24.5 Å². The fourth-order valence-electron chi connectivity index (χ4n) is 2.30. The molecule has 0 saturated carbocycles. The monoisotopic (exact) mass is 399 g/mol. The second-order valence-corrected chi connectivity index (χ2v) is 10.4. The minimum atomic E-state index is -3.81. The molecule has 0 spiro atoms. The Morgan fingerprint density at radius 1 is 1.12 bits per heavy atom. The van der Waals surface area contributed by atoms with Crippen LogP contribution in [0.25, 0.3) is 0 Å². The zero-order valence-electron chi connectivity index (χ0n) is 14.5. The van der Waals surface area contributed by atoms with Gasteiger partial charge in [0.05, 0.1) is 16.9 Å². The molecule has 1 atom stereocenters. The standard InChI is InChI=1S/C17H21NO6S2/c1-13-5-7-14(8-6-13)26(22,23)16(15-4-3-10-24-15)12-18-17(19)9-11-25(2,20)21/h3-8,10,16H,9,11-12H2,1-2H3,(H,18,19). The lowest BCUT2D eigenvalue weighted by molar-refractivity contribution is -0.120. The number of amides is 1. The van der Waals surface area contributed by atoms with Gasteiger partial charge in [0.25, 0.3) is 0 Å². The molecule has 0 bridgehead atoms. The first-order valence-corrected chi connectivity index (χ1v) is 11.5. The summed E-state index contributed by atoms with van der Waals surface area (Å²) in [5.41, 5.74) is 0.924. The number of carbonyl (C=O) groups is 1. The minimum Gasteiger partial charge on any atom is -0.468 e. The maximum absolute atomic E-state index is 13.0. The Morgan fingerprint density at radius 2 is 1.77 bits per heavy atom. The molecule has 0 fully saturated rings. The van der Waals surface area contributed by atoms with E-state index >= 15 is 0 Å². The van der Waals surface area contributed by atoms with Gasteiger partial charge < -0.3 is 9.73 Å². The maximum Gasteiger partial charge on any atom is 0.221 e. The molecule has 1 aromatic heterocycles. The molecule has 1 aromatic carbocycles.